The zero-order chi connectivity index (χ0) is 13.8. The topological polar surface area (TPSA) is 33.6 Å². The first kappa shape index (κ1) is 15.4. The van der Waals surface area contributed by atoms with E-state index >= 15 is 0 Å². The molecule has 0 fully saturated rings. The normalized spacial score (nSPS) is 13.1. The van der Waals surface area contributed by atoms with Gasteiger partial charge in [-0.3, -0.25) is 4.99 Å². The van der Waals surface area contributed by atoms with Gasteiger partial charge in [-0.1, -0.05) is 35.9 Å². The van der Waals surface area contributed by atoms with Crippen LogP contribution in [0.2, 0.25) is 0 Å². The van der Waals surface area contributed by atoms with Gasteiger partial charge in [-0.2, -0.15) is 0 Å². The lowest BCUT2D eigenvalue weighted by molar-refractivity contribution is 0.145. The number of aliphatic imine (C=N–C) groups is 1. The second-order valence-corrected chi connectivity index (χ2v) is 4.32. The molecule has 1 N–H and O–H groups in total. The van der Waals surface area contributed by atoms with E-state index in [1.54, 1.807) is 6.34 Å². The van der Waals surface area contributed by atoms with Gasteiger partial charge in [0.25, 0.3) is 0 Å². The molecule has 19 heavy (non-hydrogen) atoms. The maximum atomic E-state index is 5.24. The van der Waals surface area contributed by atoms with Crippen LogP contribution in [-0.4, -0.2) is 26.1 Å². The number of rotatable bonds is 5. The lowest BCUT2D eigenvalue weighted by atomic mass is 10.2. The fourth-order valence-corrected chi connectivity index (χ4v) is 1.62. The number of nitrogens with zero attached hydrogens (tertiary/aromatic N) is 1. The van der Waals surface area contributed by atoms with E-state index in [1.807, 2.05) is 25.1 Å². The van der Waals surface area contributed by atoms with Gasteiger partial charge in [0.2, 0.25) is 0 Å². The van der Waals surface area contributed by atoms with Crippen molar-refractivity contribution in [1.29, 1.82) is 0 Å². The fraction of sp³-hybridized carbons (Fsp3) is 0.438. The Morgan fingerprint density at radius 1 is 1.26 bits per heavy atom. The van der Waals surface area contributed by atoms with Crippen molar-refractivity contribution in [3.8, 4) is 0 Å². The van der Waals surface area contributed by atoms with E-state index < -0.39 is 0 Å². The molecule has 1 aromatic rings. The average molecular weight is 260 g/mol. The number of hydrogen-bond acceptors (Lipinski definition) is 3. The maximum absolute atomic E-state index is 5.24. The SMILES string of the molecule is CCOCCCC1=CCN=CN1.Cc1ccccc1. The van der Waals surface area contributed by atoms with Gasteiger partial charge in [-0.25, -0.2) is 0 Å². The molecule has 1 heterocycles. The van der Waals surface area contributed by atoms with Crippen LogP contribution in [0.1, 0.15) is 25.3 Å². The van der Waals surface area contributed by atoms with Gasteiger partial charge in [-0.15, -0.1) is 0 Å². The van der Waals surface area contributed by atoms with Gasteiger partial charge in [0.15, 0.2) is 0 Å². The number of nitrogens with one attached hydrogen (secondary N) is 1. The Bertz CT molecular complexity index is 385. The zero-order valence-electron chi connectivity index (χ0n) is 11.9. The lowest BCUT2D eigenvalue weighted by Crippen LogP contribution is -2.15. The Morgan fingerprint density at radius 2 is 2.05 bits per heavy atom. The summed E-state index contributed by atoms with van der Waals surface area (Å²) in [5.41, 5.74) is 2.59. The van der Waals surface area contributed by atoms with Crippen molar-refractivity contribution in [2.24, 2.45) is 4.99 Å². The molecular formula is C16H24N2O. The van der Waals surface area contributed by atoms with Gasteiger partial charge < -0.3 is 10.1 Å². The lowest BCUT2D eigenvalue weighted by Gasteiger charge is -2.09. The van der Waals surface area contributed by atoms with Gasteiger partial charge in [-0.05, 0) is 32.8 Å². The Balaban J connectivity index is 0.000000218. The van der Waals surface area contributed by atoms with Crippen LogP contribution >= 0.6 is 0 Å². The summed E-state index contributed by atoms with van der Waals surface area (Å²) in [6, 6.07) is 10.3. The first-order valence-corrected chi connectivity index (χ1v) is 6.86. The van der Waals surface area contributed by atoms with Crippen LogP contribution in [0.25, 0.3) is 0 Å². The Morgan fingerprint density at radius 3 is 2.58 bits per heavy atom. The third-order valence-electron chi connectivity index (χ3n) is 2.66. The summed E-state index contributed by atoms with van der Waals surface area (Å²) < 4.78 is 5.24. The number of benzene rings is 1. The molecule has 1 aromatic carbocycles. The predicted molar refractivity (Wildman–Crippen MR) is 81.5 cm³/mol. The van der Waals surface area contributed by atoms with Gasteiger partial charge in [0.05, 0.1) is 12.9 Å². The van der Waals surface area contributed by atoms with E-state index in [0.29, 0.717) is 0 Å². The molecular weight excluding hydrogens is 236 g/mol. The van der Waals surface area contributed by atoms with E-state index in [1.165, 1.54) is 11.3 Å². The highest BCUT2D eigenvalue weighted by Crippen LogP contribution is 2.03. The molecule has 0 unspecified atom stereocenters. The van der Waals surface area contributed by atoms with E-state index in [9.17, 15) is 0 Å². The minimum absolute atomic E-state index is 0.813. The first-order valence-electron chi connectivity index (χ1n) is 6.86. The van der Waals surface area contributed by atoms with Crippen molar-refractivity contribution >= 4 is 6.34 Å². The van der Waals surface area contributed by atoms with Crippen molar-refractivity contribution in [1.82, 2.24) is 5.32 Å². The molecule has 0 saturated heterocycles. The van der Waals surface area contributed by atoms with Crippen molar-refractivity contribution in [2.75, 3.05) is 19.8 Å². The quantitative estimate of drug-likeness (QED) is 0.824. The zero-order valence-corrected chi connectivity index (χ0v) is 11.9. The molecule has 0 aromatic heterocycles. The Labute approximate surface area is 116 Å². The highest BCUT2D eigenvalue weighted by molar-refractivity contribution is 5.58. The molecule has 0 saturated carbocycles. The number of ether oxygens (including phenoxy) is 1. The van der Waals surface area contributed by atoms with E-state index in [2.05, 4.69) is 35.4 Å². The molecule has 1 aliphatic rings. The molecule has 0 aliphatic carbocycles. The van der Waals surface area contributed by atoms with Crippen molar-refractivity contribution in [2.45, 2.75) is 26.7 Å². The summed E-state index contributed by atoms with van der Waals surface area (Å²) in [7, 11) is 0. The third kappa shape index (κ3) is 8.16. The van der Waals surface area contributed by atoms with E-state index in [0.717, 1.165) is 32.6 Å². The summed E-state index contributed by atoms with van der Waals surface area (Å²) in [5.74, 6) is 0. The Hall–Kier alpha value is -1.61. The standard InChI is InChI=1S/C9H16N2O.C7H8/c1-2-12-7-3-4-9-5-6-10-8-11-9;1-7-5-3-2-4-6-7/h5,8H,2-4,6-7H2,1H3,(H,10,11);2-6H,1H3. The number of aryl methyl sites for hydroxylation is 1. The minimum Gasteiger partial charge on any atom is -0.382 e. The van der Waals surface area contributed by atoms with Crippen LogP contribution in [0.15, 0.2) is 47.1 Å². The fourth-order valence-electron chi connectivity index (χ4n) is 1.62. The average Bonchev–Trinajstić information content (AvgIpc) is 2.46. The molecule has 0 spiro atoms. The van der Waals surface area contributed by atoms with Gasteiger partial charge in [0, 0.05) is 18.9 Å². The largest absolute Gasteiger partial charge is 0.382 e. The van der Waals surface area contributed by atoms with E-state index in [4.69, 9.17) is 4.74 Å². The highest BCUT2D eigenvalue weighted by Gasteiger charge is 1.97. The summed E-state index contributed by atoms with van der Waals surface area (Å²) in [6.07, 6.45) is 6.02. The van der Waals surface area contributed by atoms with Crippen LogP contribution in [-0.2, 0) is 4.74 Å². The number of allylic oxidation sites excluding steroid dienone is 1. The summed E-state index contributed by atoms with van der Waals surface area (Å²) in [6.45, 7) is 6.59. The summed E-state index contributed by atoms with van der Waals surface area (Å²) >= 11 is 0. The summed E-state index contributed by atoms with van der Waals surface area (Å²) in [4.78, 5) is 4.03. The maximum Gasteiger partial charge on any atom is 0.0869 e. The van der Waals surface area contributed by atoms with Gasteiger partial charge >= 0.3 is 0 Å². The number of hydrogen-bond donors (Lipinski definition) is 1. The molecule has 0 radical (unpaired) electrons. The third-order valence-corrected chi connectivity index (χ3v) is 2.66. The van der Waals surface area contributed by atoms with Gasteiger partial charge in [0.1, 0.15) is 0 Å². The molecule has 3 nitrogen and oxygen atoms in total. The highest BCUT2D eigenvalue weighted by atomic mass is 16.5. The minimum atomic E-state index is 0.813. The monoisotopic (exact) mass is 260 g/mol. The molecule has 104 valence electrons. The molecule has 0 bridgehead atoms. The van der Waals surface area contributed by atoms with Crippen molar-refractivity contribution in [3.05, 3.63) is 47.7 Å². The van der Waals surface area contributed by atoms with Crippen LogP contribution in [0.4, 0.5) is 0 Å². The molecule has 2 rings (SSSR count). The predicted octanol–water partition coefficient (Wildman–Crippen LogP) is 3.31. The van der Waals surface area contributed by atoms with Crippen LogP contribution in [0.5, 0.6) is 0 Å². The van der Waals surface area contributed by atoms with Crippen LogP contribution in [0.3, 0.4) is 0 Å². The molecule has 1 aliphatic heterocycles. The molecule has 0 atom stereocenters. The molecule has 3 heteroatoms. The van der Waals surface area contributed by atoms with Crippen molar-refractivity contribution < 1.29 is 4.74 Å². The van der Waals surface area contributed by atoms with Crippen LogP contribution < -0.4 is 5.32 Å². The van der Waals surface area contributed by atoms with Crippen molar-refractivity contribution in [3.63, 3.8) is 0 Å². The Kier molecular flexibility index (Phi) is 8.39. The van der Waals surface area contributed by atoms with E-state index in [-0.39, 0.29) is 0 Å². The second kappa shape index (κ2) is 10.3. The van der Waals surface area contributed by atoms with Crippen LogP contribution in [0, 0.1) is 6.92 Å². The summed E-state index contributed by atoms with van der Waals surface area (Å²) in [5, 5.41) is 3.11. The molecule has 0 amide bonds. The smallest absolute Gasteiger partial charge is 0.0869 e. The second-order valence-electron chi connectivity index (χ2n) is 4.32. The first-order chi connectivity index (χ1) is 9.33.